The van der Waals surface area contributed by atoms with Crippen molar-refractivity contribution >= 4 is 22.4 Å². The Morgan fingerprint density at radius 1 is 1.33 bits per heavy atom. The number of hydrogen-bond acceptors (Lipinski definition) is 5. The highest BCUT2D eigenvalue weighted by molar-refractivity contribution is 7.15. The summed E-state index contributed by atoms with van der Waals surface area (Å²) < 4.78 is 5.18. The first-order valence-corrected chi connectivity index (χ1v) is 8.91. The fourth-order valence-electron chi connectivity index (χ4n) is 3.46. The molecule has 0 aromatic carbocycles. The molecular weight excluding hydrogens is 284 g/mol. The summed E-state index contributed by atoms with van der Waals surface area (Å²) in [5.41, 5.74) is 0.983. The van der Waals surface area contributed by atoms with Crippen LogP contribution in [0.4, 0.5) is 5.13 Å². The first-order valence-electron chi connectivity index (χ1n) is 8.09. The van der Waals surface area contributed by atoms with E-state index in [0.717, 1.165) is 23.7 Å². The standard InChI is InChI=1S/C16H24N2O2S/c1-3-20-15(19)12-9-10-13-14(12)17-16(21-13)18(2)11-7-5-4-6-8-11/h11-12H,3-10H2,1-2H3. The van der Waals surface area contributed by atoms with Gasteiger partial charge >= 0.3 is 5.97 Å². The van der Waals surface area contributed by atoms with Crippen LogP contribution in [-0.2, 0) is 16.0 Å². The van der Waals surface area contributed by atoms with Crippen molar-refractivity contribution in [3.05, 3.63) is 10.6 Å². The minimum atomic E-state index is -0.135. The molecule has 4 nitrogen and oxygen atoms in total. The largest absolute Gasteiger partial charge is 0.465 e. The second-order valence-corrected chi connectivity index (χ2v) is 7.11. The van der Waals surface area contributed by atoms with E-state index in [4.69, 9.17) is 9.72 Å². The van der Waals surface area contributed by atoms with Gasteiger partial charge in [0.05, 0.1) is 12.3 Å². The molecule has 1 atom stereocenters. The summed E-state index contributed by atoms with van der Waals surface area (Å²) in [6.07, 6.45) is 8.38. The van der Waals surface area contributed by atoms with E-state index in [2.05, 4.69) is 11.9 Å². The molecule has 1 aromatic rings. The zero-order valence-corrected chi connectivity index (χ0v) is 13.7. The molecule has 1 fully saturated rings. The van der Waals surface area contributed by atoms with Crippen molar-refractivity contribution in [2.45, 2.75) is 63.8 Å². The minimum Gasteiger partial charge on any atom is -0.465 e. The Hall–Kier alpha value is -1.10. The van der Waals surface area contributed by atoms with Gasteiger partial charge in [0.15, 0.2) is 5.13 Å². The molecular formula is C16H24N2O2S. The molecule has 21 heavy (non-hydrogen) atoms. The van der Waals surface area contributed by atoms with Crippen molar-refractivity contribution in [2.24, 2.45) is 0 Å². The van der Waals surface area contributed by atoms with Gasteiger partial charge in [-0.1, -0.05) is 19.3 Å². The molecule has 0 bridgehead atoms. The molecule has 1 heterocycles. The topological polar surface area (TPSA) is 42.4 Å². The monoisotopic (exact) mass is 308 g/mol. The van der Waals surface area contributed by atoms with Crippen molar-refractivity contribution in [2.75, 3.05) is 18.6 Å². The van der Waals surface area contributed by atoms with Crippen LogP contribution in [0, 0.1) is 0 Å². The molecule has 0 aliphatic heterocycles. The van der Waals surface area contributed by atoms with Crippen molar-refractivity contribution < 1.29 is 9.53 Å². The van der Waals surface area contributed by atoms with E-state index in [1.807, 2.05) is 6.92 Å². The third kappa shape index (κ3) is 2.93. The molecule has 2 aliphatic rings. The lowest BCUT2D eigenvalue weighted by atomic mass is 9.95. The lowest BCUT2D eigenvalue weighted by Gasteiger charge is -2.31. The number of fused-ring (bicyclic) bond motifs is 1. The number of thiazole rings is 1. The molecule has 116 valence electrons. The molecule has 0 spiro atoms. The average Bonchev–Trinajstić information content (AvgIpc) is 3.07. The van der Waals surface area contributed by atoms with Crippen LogP contribution in [-0.4, -0.2) is 30.6 Å². The number of carbonyl (C=O) groups is 1. The number of carbonyl (C=O) groups excluding carboxylic acids is 1. The van der Waals surface area contributed by atoms with E-state index in [-0.39, 0.29) is 11.9 Å². The summed E-state index contributed by atoms with van der Waals surface area (Å²) in [7, 11) is 2.16. The fraction of sp³-hybridized carbons (Fsp3) is 0.750. The highest BCUT2D eigenvalue weighted by atomic mass is 32.1. The van der Waals surface area contributed by atoms with E-state index < -0.39 is 0 Å². The van der Waals surface area contributed by atoms with Crippen LogP contribution in [0.3, 0.4) is 0 Å². The van der Waals surface area contributed by atoms with Gasteiger partial charge in [-0.2, -0.15) is 0 Å². The Balaban J connectivity index is 1.75. The Morgan fingerprint density at radius 2 is 2.10 bits per heavy atom. The lowest BCUT2D eigenvalue weighted by molar-refractivity contribution is -0.145. The molecule has 0 N–H and O–H groups in total. The predicted molar refractivity (Wildman–Crippen MR) is 85.1 cm³/mol. The number of ether oxygens (including phenoxy) is 1. The van der Waals surface area contributed by atoms with Gasteiger partial charge in [0.2, 0.25) is 0 Å². The van der Waals surface area contributed by atoms with Gasteiger partial charge in [0.1, 0.15) is 5.92 Å². The summed E-state index contributed by atoms with van der Waals surface area (Å²) in [4.78, 5) is 20.4. The van der Waals surface area contributed by atoms with Crippen LogP contribution in [0.2, 0.25) is 0 Å². The third-order valence-corrected chi connectivity index (χ3v) is 5.92. The van der Waals surface area contributed by atoms with Gasteiger partial charge in [-0.3, -0.25) is 4.79 Å². The number of aryl methyl sites for hydroxylation is 1. The Kier molecular flexibility index (Phi) is 4.48. The van der Waals surface area contributed by atoms with E-state index >= 15 is 0 Å². The molecule has 1 aromatic heterocycles. The number of aromatic nitrogens is 1. The normalized spacial score (nSPS) is 22.1. The van der Waals surface area contributed by atoms with Gasteiger partial charge in [0.25, 0.3) is 0 Å². The molecule has 0 saturated heterocycles. The van der Waals surface area contributed by atoms with Crippen molar-refractivity contribution in [1.82, 2.24) is 4.98 Å². The smallest absolute Gasteiger partial charge is 0.315 e. The minimum absolute atomic E-state index is 0.103. The summed E-state index contributed by atoms with van der Waals surface area (Å²) in [5, 5.41) is 1.08. The summed E-state index contributed by atoms with van der Waals surface area (Å²) in [6.45, 7) is 2.31. The second-order valence-electron chi connectivity index (χ2n) is 6.05. The van der Waals surface area contributed by atoms with E-state index in [1.165, 1.54) is 37.0 Å². The van der Waals surface area contributed by atoms with Crippen LogP contribution in [0.1, 0.15) is 61.9 Å². The van der Waals surface area contributed by atoms with Crippen molar-refractivity contribution in [3.8, 4) is 0 Å². The molecule has 3 rings (SSSR count). The van der Waals surface area contributed by atoms with Crippen LogP contribution in [0.25, 0.3) is 0 Å². The summed E-state index contributed by atoms with van der Waals surface area (Å²) in [5.74, 6) is -0.238. The average molecular weight is 308 g/mol. The van der Waals surface area contributed by atoms with Crippen LogP contribution < -0.4 is 4.90 Å². The number of hydrogen-bond donors (Lipinski definition) is 0. The van der Waals surface area contributed by atoms with Crippen molar-refractivity contribution in [1.29, 1.82) is 0 Å². The van der Waals surface area contributed by atoms with Gasteiger partial charge < -0.3 is 9.64 Å². The molecule has 1 unspecified atom stereocenters. The summed E-state index contributed by atoms with van der Waals surface area (Å²) in [6, 6.07) is 0.617. The third-order valence-electron chi connectivity index (χ3n) is 4.70. The lowest BCUT2D eigenvalue weighted by Crippen LogP contribution is -2.33. The Morgan fingerprint density at radius 3 is 2.81 bits per heavy atom. The maximum Gasteiger partial charge on any atom is 0.315 e. The van der Waals surface area contributed by atoms with Gasteiger partial charge in [-0.25, -0.2) is 4.98 Å². The number of rotatable bonds is 4. The molecule has 0 radical (unpaired) electrons. The first-order chi connectivity index (χ1) is 10.2. The van der Waals surface area contributed by atoms with Gasteiger partial charge in [-0.05, 0) is 32.6 Å². The molecule has 0 amide bonds. The van der Waals surface area contributed by atoms with E-state index in [1.54, 1.807) is 11.3 Å². The number of anilines is 1. The molecule has 1 saturated carbocycles. The Bertz CT molecular complexity index is 508. The van der Waals surface area contributed by atoms with Crippen LogP contribution in [0.15, 0.2) is 0 Å². The number of nitrogens with zero attached hydrogens (tertiary/aromatic N) is 2. The zero-order chi connectivity index (χ0) is 14.8. The number of esters is 1. The maximum atomic E-state index is 12.0. The van der Waals surface area contributed by atoms with Gasteiger partial charge in [-0.15, -0.1) is 11.3 Å². The van der Waals surface area contributed by atoms with Crippen LogP contribution >= 0.6 is 11.3 Å². The highest BCUT2D eigenvalue weighted by Gasteiger charge is 2.34. The summed E-state index contributed by atoms with van der Waals surface area (Å²) >= 11 is 1.77. The maximum absolute atomic E-state index is 12.0. The predicted octanol–water partition coefficient (Wildman–Crippen LogP) is 3.50. The second kappa shape index (κ2) is 6.34. The quantitative estimate of drug-likeness (QED) is 0.798. The Labute approximate surface area is 130 Å². The molecule has 5 heteroatoms. The zero-order valence-electron chi connectivity index (χ0n) is 12.9. The first kappa shape index (κ1) is 14.8. The van der Waals surface area contributed by atoms with E-state index in [0.29, 0.717) is 12.6 Å². The SMILES string of the molecule is CCOC(=O)C1CCc2sc(N(C)C3CCCCC3)nc21. The fourth-order valence-corrected chi connectivity index (χ4v) is 4.63. The molecule has 2 aliphatic carbocycles. The van der Waals surface area contributed by atoms with Gasteiger partial charge in [0, 0.05) is 18.0 Å². The van der Waals surface area contributed by atoms with E-state index in [9.17, 15) is 4.79 Å². The van der Waals surface area contributed by atoms with Crippen LogP contribution in [0.5, 0.6) is 0 Å². The van der Waals surface area contributed by atoms with Crippen molar-refractivity contribution in [3.63, 3.8) is 0 Å². The highest BCUT2D eigenvalue weighted by Crippen LogP contribution is 2.41.